The van der Waals surface area contributed by atoms with Crippen LogP contribution in [0.15, 0.2) is 65.2 Å². The molecule has 2 N–H and O–H groups in total. The first-order valence-electron chi connectivity index (χ1n) is 6.99. The summed E-state index contributed by atoms with van der Waals surface area (Å²) in [6, 6.07) is 18.1. The summed E-state index contributed by atoms with van der Waals surface area (Å²) in [7, 11) is 0. The van der Waals surface area contributed by atoms with Crippen molar-refractivity contribution in [1.82, 2.24) is 0 Å². The number of benzene rings is 2. The second kappa shape index (κ2) is 8.42. The van der Waals surface area contributed by atoms with E-state index >= 15 is 0 Å². The molecule has 1 amide bonds. The van der Waals surface area contributed by atoms with Gasteiger partial charge in [0.25, 0.3) is 5.91 Å². The molecular formula is C18H14N4OS. The van der Waals surface area contributed by atoms with Crippen molar-refractivity contribution in [2.24, 2.45) is 0 Å². The van der Waals surface area contributed by atoms with Crippen LogP contribution in [0.5, 0.6) is 0 Å². The lowest BCUT2D eigenvalue weighted by atomic mass is 10.2. The molecular weight excluding hydrogens is 320 g/mol. The lowest BCUT2D eigenvalue weighted by Gasteiger charge is -2.07. The second-order valence-corrected chi connectivity index (χ2v) is 5.54. The van der Waals surface area contributed by atoms with Gasteiger partial charge in [-0.3, -0.25) is 4.79 Å². The summed E-state index contributed by atoms with van der Waals surface area (Å²) in [6.45, 7) is 0. The molecule has 0 aromatic heterocycles. The first-order valence-corrected chi connectivity index (χ1v) is 8.21. The molecule has 0 fully saturated rings. The standard InChI is InChI=1S/C18H14N4OS/c1-24-16-7-4-6-15(9-16)21-12-14(11-20)18(23)22-17-8-3-2-5-13(17)10-19/h2-9,12,21H,1H3,(H,22,23)/b14-12-. The monoisotopic (exact) mass is 334 g/mol. The Kier molecular flexibility index (Phi) is 6.01. The van der Waals surface area contributed by atoms with Crippen molar-refractivity contribution < 1.29 is 4.79 Å². The van der Waals surface area contributed by atoms with Gasteiger partial charge in [0.1, 0.15) is 17.7 Å². The summed E-state index contributed by atoms with van der Waals surface area (Å²) in [6.07, 6.45) is 3.32. The van der Waals surface area contributed by atoms with E-state index in [0.29, 0.717) is 11.3 Å². The van der Waals surface area contributed by atoms with Crippen LogP contribution in [0.4, 0.5) is 11.4 Å². The number of thioether (sulfide) groups is 1. The zero-order valence-corrected chi connectivity index (χ0v) is 13.7. The van der Waals surface area contributed by atoms with Crippen LogP contribution < -0.4 is 10.6 Å². The van der Waals surface area contributed by atoms with Gasteiger partial charge in [0.05, 0.1) is 11.3 Å². The van der Waals surface area contributed by atoms with E-state index in [1.54, 1.807) is 36.0 Å². The van der Waals surface area contributed by atoms with Crippen LogP contribution in [0.1, 0.15) is 5.56 Å². The molecule has 24 heavy (non-hydrogen) atoms. The molecule has 0 spiro atoms. The topological polar surface area (TPSA) is 88.7 Å². The van der Waals surface area contributed by atoms with Gasteiger partial charge in [0, 0.05) is 16.8 Å². The first kappa shape index (κ1) is 17.1. The highest BCUT2D eigenvalue weighted by molar-refractivity contribution is 7.98. The van der Waals surface area contributed by atoms with Crippen LogP contribution in [0.3, 0.4) is 0 Å². The number of amides is 1. The summed E-state index contributed by atoms with van der Waals surface area (Å²) in [4.78, 5) is 13.3. The van der Waals surface area contributed by atoms with E-state index in [2.05, 4.69) is 10.6 Å². The highest BCUT2D eigenvalue weighted by Crippen LogP contribution is 2.19. The molecule has 0 aliphatic heterocycles. The highest BCUT2D eigenvalue weighted by atomic mass is 32.2. The number of carbonyl (C=O) groups is 1. The van der Waals surface area contributed by atoms with Crippen molar-refractivity contribution in [3.05, 3.63) is 65.9 Å². The maximum Gasteiger partial charge on any atom is 0.267 e. The van der Waals surface area contributed by atoms with E-state index in [1.807, 2.05) is 42.7 Å². The van der Waals surface area contributed by atoms with Gasteiger partial charge in [0.2, 0.25) is 0 Å². The number of nitrogens with zero attached hydrogens (tertiary/aromatic N) is 2. The fourth-order valence-electron chi connectivity index (χ4n) is 1.90. The molecule has 2 aromatic rings. The Balaban J connectivity index is 2.14. The lowest BCUT2D eigenvalue weighted by Crippen LogP contribution is -2.15. The van der Waals surface area contributed by atoms with E-state index in [-0.39, 0.29) is 5.57 Å². The number of anilines is 2. The zero-order valence-electron chi connectivity index (χ0n) is 12.9. The van der Waals surface area contributed by atoms with Gasteiger partial charge in [-0.2, -0.15) is 10.5 Å². The molecule has 2 aromatic carbocycles. The minimum Gasteiger partial charge on any atom is -0.360 e. The molecule has 118 valence electrons. The summed E-state index contributed by atoms with van der Waals surface area (Å²) < 4.78 is 0. The normalized spacial score (nSPS) is 10.4. The van der Waals surface area contributed by atoms with Gasteiger partial charge in [-0.25, -0.2) is 0 Å². The number of carbonyl (C=O) groups excluding carboxylic acids is 1. The third kappa shape index (κ3) is 4.39. The van der Waals surface area contributed by atoms with Gasteiger partial charge in [-0.05, 0) is 36.6 Å². The van der Waals surface area contributed by atoms with Crippen LogP contribution in [0, 0.1) is 22.7 Å². The third-order valence-electron chi connectivity index (χ3n) is 3.11. The number of hydrogen-bond acceptors (Lipinski definition) is 5. The Morgan fingerprint density at radius 1 is 1.17 bits per heavy atom. The third-order valence-corrected chi connectivity index (χ3v) is 3.84. The van der Waals surface area contributed by atoms with E-state index in [0.717, 1.165) is 10.6 Å². The van der Waals surface area contributed by atoms with E-state index in [4.69, 9.17) is 5.26 Å². The van der Waals surface area contributed by atoms with Gasteiger partial charge < -0.3 is 10.6 Å². The van der Waals surface area contributed by atoms with Crippen LogP contribution in [0.25, 0.3) is 0 Å². The number of hydrogen-bond donors (Lipinski definition) is 2. The molecule has 0 aliphatic rings. The minimum absolute atomic E-state index is 0.0858. The molecule has 0 heterocycles. The summed E-state index contributed by atoms with van der Waals surface area (Å²) in [5.74, 6) is -0.575. The Hall–Kier alpha value is -3.22. The highest BCUT2D eigenvalue weighted by Gasteiger charge is 2.11. The van der Waals surface area contributed by atoms with Crippen molar-refractivity contribution in [2.45, 2.75) is 4.90 Å². The van der Waals surface area contributed by atoms with Gasteiger partial charge in [-0.15, -0.1) is 11.8 Å². The summed E-state index contributed by atoms with van der Waals surface area (Å²) >= 11 is 1.60. The first-order chi connectivity index (χ1) is 11.7. The lowest BCUT2D eigenvalue weighted by molar-refractivity contribution is -0.112. The Morgan fingerprint density at radius 3 is 2.67 bits per heavy atom. The molecule has 2 rings (SSSR count). The van der Waals surface area contributed by atoms with Crippen molar-refractivity contribution in [1.29, 1.82) is 10.5 Å². The maximum absolute atomic E-state index is 12.2. The maximum atomic E-state index is 12.2. The minimum atomic E-state index is -0.575. The fourth-order valence-corrected chi connectivity index (χ4v) is 2.36. The van der Waals surface area contributed by atoms with Crippen molar-refractivity contribution in [3.63, 3.8) is 0 Å². The summed E-state index contributed by atoms with van der Waals surface area (Å²) in [5.41, 5.74) is 1.40. The SMILES string of the molecule is CSc1cccc(N/C=C(/C#N)C(=O)Nc2ccccc2C#N)c1. The smallest absolute Gasteiger partial charge is 0.267 e. The number of rotatable bonds is 5. The summed E-state index contributed by atoms with van der Waals surface area (Å²) in [5, 5.41) is 23.7. The number of nitriles is 2. The van der Waals surface area contributed by atoms with Crippen LogP contribution in [0.2, 0.25) is 0 Å². The molecule has 0 atom stereocenters. The molecule has 0 saturated carbocycles. The van der Waals surface area contributed by atoms with Gasteiger partial charge in [0.15, 0.2) is 0 Å². The predicted octanol–water partition coefficient (Wildman–Crippen LogP) is 3.74. The molecule has 0 bridgehead atoms. The molecule has 5 nitrogen and oxygen atoms in total. The quantitative estimate of drug-likeness (QED) is 0.494. The number of nitrogens with one attached hydrogen (secondary N) is 2. The van der Waals surface area contributed by atoms with E-state index in [9.17, 15) is 10.1 Å². The molecule has 0 aliphatic carbocycles. The molecule has 0 radical (unpaired) electrons. The second-order valence-electron chi connectivity index (χ2n) is 4.66. The Bertz CT molecular complexity index is 862. The average molecular weight is 334 g/mol. The van der Waals surface area contributed by atoms with Crippen LogP contribution in [-0.4, -0.2) is 12.2 Å². The van der Waals surface area contributed by atoms with E-state index < -0.39 is 5.91 Å². The Labute approximate surface area is 144 Å². The molecule has 0 saturated heterocycles. The van der Waals surface area contributed by atoms with Crippen molar-refractivity contribution >= 4 is 29.0 Å². The molecule has 6 heteroatoms. The number of para-hydroxylation sites is 1. The van der Waals surface area contributed by atoms with E-state index in [1.165, 1.54) is 6.20 Å². The van der Waals surface area contributed by atoms with Crippen LogP contribution in [-0.2, 0) is 4.79 Å². The largest absolute Gasteiger partial charge is 0.360 e. The molecule has 0 unspecified atom stereocenters. The van der Waals surface area contributed by atoms with Crippen LogP contribution >= 0.6 is 11.8 Å². The van der Waals surface area contributed by atoms with Crippen molar-refractivity contribution in [2.75, 3.05) is 16.9 Å². The predicted molar refractivity (Wildman–Crippen MR) is 95.3 cm³/mol. The zero-order chi connectivity index (χ0) is 17.4. The van der Waals surface area contributed by atoms with Gasteiger partial charge in [-0.1, -0.05) is 18.2 Å². The average Bonchev–Trinajstić information content (AvgIpc) is 2.63. The fraction of sp³-hybridized carbons (Fsp3) is 0.0556. The van der Waals surface area contributed by atoms with Gasteiger partial charge >= 0.3 is 0 Å². The van der Waals surface area contributed by atoms with Crippen molar-refractivity contribution in [3.8, 4) is 12.1 Å². The Morgan fingerprint density at radius 2 is 1.96 bits per heavy atom.